The second-order valence-electron chi connectivity index (χ2n) is 6.67. The Morgan fingerprint density at radius 2 is 2.00 bits per heavy atom. The molecule has 150 valence electrons. The highest BCUT2D eigenvalue weighted by molar-refractivity contribution is 7.93. The smallest absolute Gasteiger partial charge is 0.235 e. The van der Waals surface area contributed by atoms with Gasteiger partial charge in [0.05, 0.1) is 23.6 Å². The maximum absolute atomic E-state index is 13.4. The first-order valence-electron chi connectivity index (χ1n) is 9.01. The third kappa shape index (κ3) is 4.46. The van der Waals surface area contributed by atoms with Crippen molar-refractivity contribution < 1.29 is 17.6 Å². The number of carbonyl (C=O) groups is 1. The standard InChI is InChI=1S/C20H18FN3O3S2/c21-15-4-1-3-14(11-15)20-23-17(13-28-20)12-19(25)22-16-5-7-18(8-6-16)24-9-2-10-29(24,26)27/h1,3-8,11,13H,2,9-10,12H2,(H,22,25). The monoisotopic (exact) mass is 431 g/mol. The van der Waals surface area contributed by atoms with E-state index in [0.717, 1.165) is 0 Å². The molecule has 2 aromatic carbocycles. The Kier molecular flexibility index (Phi) is 5.33. The van der Waals surface area contributed by atoms with Gasteiger partial charge in [-0.25, -0.2) is 17.8 Å². The summed E-state index contributed by atoms with van der Waals surface area (Å²) in [6, 6.07) is 12.9. The van der Waals surface area contributed by atoms with Crippen LogP contribution in [0.3, 0.4) is 0 Å². The zero-order chi connectivity index (χ0) is 20.4. The predicted molar refractivity (Wildman–Crippen MR) is 112 cm³/mol. The van der Waals surface area contributed by atoms with E-state index in [1.807, 2.05) is 0 Å². The molecule has 1 amide bonds. The summed E-state index contributed by atoms with van der Waals surface area (Å²) < 4.78 is 38.7. The van der Waals surface area contributed by atoms with Crippen LogP contribution in [0.4, 0.5) is 15.8 Å². The summed E-state index contributed by atoms with van der Waals surface area (Å²) in [4.78, 5) is 16.7. The lowest BCUT2D eigenvalue weighted by Gasteiger charge is -2.17. The highest BCUT2D eigenvalue weighted by Crippen LogP contribution is 2.26. The summed E-state index contributed by atoms with van der Waals surface area (Å²) in [7, 11) is -3.22. The molecule has 29 heavy (non-hydrogen) atoms. The normalized spacial score (nSPS) is 15.4. The lowest BCUT2D eigenvalue weighted by atomic mass is 10.2. The molecule has 1 aromatic heterocycles. The Labute approximate surface area is 172 Å². The van der Waals surface area contributed by atoms with Gasteiger partial charge in [0.25, 0.3) is 0 Å². The highest BCUT2D eigenvalue weighted by atomic mass is 32.2. The van der Waals surface area contributed by atoms with Gasteiger partial charge in [0.1, 0.15) is 10.8 Å². The molecule has 1 N–H and O–H groups in total. The van der Waals surface area contributed by atoms with Crippen LogP contribution in [0.15, 0.2) is 53.9 Å². The Morgan fingerprint density at radius 1 is 1.21 bits per heavy atom. The molecule has 0 aliphatic carbocycles. The molecule has 1 aliphatic rings. The number of anilines is 2. The number of rotatable bonds is 5. The van der Waals surface area contributed by atoms with Crippen molar-refractivity contribution >= 4 is 38.6 Å². The van der Waals surface area contributed by atoms with Crippen molar-refractivity contribution in [2.24, 2.45) is 0 Å². The summed E-state index contributed by atoms with van der Waals surface area (Å²) in [6.07, 6.45) is 0.708. The number of hydrogen-bond donors (Lipinski definition) is 1. The summed E-state index contributed by atoms with van der Waals surface area (Å²) in [6.45, 7) is 0.478. The van der Waals surface area contributed by atoms with E-state index in [9.17, 15) is 17.6 Å². The maximum atomic E-state index is 13.4. The number of benzene rings is 2. The second kappa shape index (κ2) is 7.92. The minimum absolute atomic E-state index is 0.0913. The van der Waals surface area contributed by atoms with E-state index >= 15 is 0 Å². The van der Waals surface area contributed by atoms with Gasteiger partial charge in [0, 0.05) is 23.2 Å². The van der Waals surface area contributed by atoms with Crippen molar-refractivity contribution in [3.8, 4) is 10.6 Å². The lowest BCUT2D eigenvalue weighted by Crippen LogP contribution is -2.25. The summed E-state index contributed by atoms with van der Waals surface area (Å²) in [5.41, 5.74) is 2.45. The molecule has 1 aliphatic heterocycles. The third-order valence-electron chi connectivity index (χ3n) is 4.50. The van der Waals surface area contributed by atoms with Gasteiger partial charge in [0.15, 0.2) is 0 Å². The minimum Gasteiger partial charge on any atom is -0.326 e. The fraction of sp³-hybridized carbons (Fsp3) is 0.200. The van der Waals surface area contributed by atoms with Crippen molar-refractivity contribution in [3.05, 3.63) is 65.4 Å². The summed E-state index contributed by atoms with van der Waals surface area (Å²) in [5.74, 6) is -0.402. The number of nitrogens with zero attached hydrogens (tertiary/aromatic N) is 2. The lowest BCUT2D eigenvalue weighted by molar-refractivity contribution is -0.115. The van der Waals surface area contributed by atoms with Gasteiger partial charge in [-0.3, -0.25) is 9.10 Å². The Balaban J connectivity index is 1.39. The first-order chi connectivity index (χ1) is 13.9. The predicted octanol–water partition coefficient (Wildman–Crippen LogP) is 3.67. The largest absolute Gasteiger partial charge is 0.326 e. The molecular weight excluding hydrogens is 413 g/mol. The number of halogens is 1. The molecule has 0 radical (unpaired) electrons. The fourth-order valence-corrected chi connectivity index (χ4v) is 5.53. The van der Waals surface area contributed by atoms with Crippen LogP contribution < -0.4 is 9.62 Å². The molecular formula is C20H18FN3O3S2. The Bertz CT molecular complexity index is 1140. The fourth-order valence-electron chi connectivity index (χ4n) is 3.15. The number of amides is 1. The number of nitrogens with one attached hydrogen (secondary N) is 1. The molecule has 9 heteroatoms. The number of thiazole rings is 1. The SMILES string of the molecule is O=C(Cc1csc(-c2cccc(F)c2)n1)Nc1ccc(N2CCCS2(=O)=O)cc1. The van der Waals surface area contributed by atoms with Gasteiger partial charge in [-0.1, -0.05) is 12.1 Å². The Morgan fingerprint density at radius 3 is 2.69 bits per heavy atom. The molecule has 1 saturated heterocycles. The van der Waals surface area contributed by atoms with E-state index in [0.29, 0.717) is 40.6 Å². The maximum Gasteiger partial charge on any atom is 0.235 e. The molecule has 3 aromatic rings. The van der Waals surface area contributed by atoms with Crippen LogP contribution in [0.2, 0.25) is 0 Å². The molecule has 4 rings (SSSR count). The zero-order valence-corrected chi connectivity index (χ0v) is 17.0. The second-order valence-corrected chi connectivity index (χ2v) is 9.54. The van der Waals surface area contributed by atoms with Gasteiger partial charge in [-0.2, -0.15) is 0 Å². The number of aromatic nitrogens is 1. The number of carbonyl (C=O) groups excluding carboxylic acids is 1. The third-order valence-corrected chi connectivity index (χ3v) is 7.31. The number of hydrogen-bond acceptors (Lipinski definition) is 5. The first-order valence-corrected chi connectivity index (χ1v) is 11.5. The minimum atomic E-state index is -3.22. The Hall–Kier alpha value is -2.78. The highest BCUT2D eigenvalue weighted by Gasteiger charge is 2.28. The van der Waals surface area contributed by atoms with Crippen molar-refractivity contribution in [1.82, 2.24) is 4.98 Å². The molecule has 6 nitrogen and oxygen atoms in total. The van der Waals surface area contributed by atoms with E-state index in [1.165, 1.54) is 27.8 Å². The van der Waals surface area contributed by atoms with E-state index in [-0.39, 0.29) is 23.9 Å². The van der Waals surface area contributed by atoms with Crippen molar-refractivity contribution in [2.45, 2.75) is 12.8 Å². The van der Waals surface area contributed by atoms with Crippen LogP contribution >= 0.6 is 11.3 Å². The van der Waals surface area contributed by atoms with Crippen LogP contribution in [-0.2, 0) is 21.2 Å². The average Bonchev–Trinajstić information content (AvgIpc) is 3.28. The van der Waals surface area contributed by atoms with E-state index in [1.54, 1.807) is 41.8 Å². The van der Waals surface area contributed by atoms with Gasteiger partial charge in [-0.05, 0) is 42.8 Å². The van der Waals surface area contributed by atoms with E-state index < -0.39 is 10.0 Å². The van der Waals surface area contributed by atoms with Gasteiger partial charge in [0.2, 0.25) is 15.9 Å². The number of sulfonamides is 1. The molecule has 0 saturated carbocycles. The molecule has 1 fully saturated rings. The first kappa shape index (κ1) is 19.5. The van der Waals surface area contributed by atoms with Crippen LogP contribution in [0.25, 0.3) is 10.6 Å². The van der Waals surface area contributed by atoms with Gasteiger partial charge < -0.3 is 5.32 Å². The molecule has 2 heterocycles. The average molecular weight is 432 g/mol. The molecule has 0 bridgehead atoms. The van der Waals surface area contributed by atoms with Crippen molar-refractivity contribution in [1.29, 1.82) is 0 Å². The quantitative estimate of drug-likeness (QED) is 0.669. The molecule has 0 atom stereocenters. The molecule has 0 spiro atoms. The zero-order valence-electron chi connectivity index (χ0n) is 15.3. The van der Waals surface area contributed by atoms with Gasteiger partial charge in [-0.15, -0.1) is 11.3 Å². The topological polar surface area (TPSA) is 79.4 Å². The summed E-state index contributed by atoms with van der Waals surface area (Å²) in [5, 5.41) is 5.22. The van der Waals surface area contributed by atoms with Crippen LogP contribution in [0.5, 0.6) is 0 Å². The van der Waals surface area contributed by atoms with Crippen molar-refractivity contribution in [3.63, 3.8) is 0 Å². The molecule has 0 unspecified atom stereocenters. The van der Waals surface area contributed by atoms with Crippen LogP contribution in [-0.4, -0.2) is 31.6 Å². The van der Waals surface area contributed by atoms with Crippen molar-refractivity contribution in [2.75, 3.05) is 21.9 Å². The van der Waals surface area contributed by atoms with Gasteiger partial charge >= 0.3 is 0 Å². The van der Waals surface area contributed by atoms with E-state index in [4.69, 9.17) is 0 Å². The summed E-state index contributed by atoms with van der Waals surface area (Å²) >= 11 is 1.36. The van der Waals surface area contributed by atoms with E-state index in [2.05, 4.69) is 10.3 Å². The van der Waals surface area contributed by atoms with Crippen LogP contribution in [0, 0.1) is 5.82 Å². The van der Waals surface area contributed by atoms with Crippen LogP contribution in [0.1, 0.15) is 12.1 Å².